The minimum atomic E-state index is -1.17. The van der Waals surface area contributed by atoms with Gasteiger partial charge < -0.3 is 20.3 Å². The van der Waals surface area contributed by atoms with E-state index >= 15 is 0 Å². The Balaban J connectivity index is 1.32. The van der Waals surface area contributed by atoms with Crippen LogP contribution in [0.4, 0.5) is 5.69 Å². The van der Waals surface area contributed by atoms with Crippen molar-refractivity contribution in [2.75, 3.05) is 5.32 Å². The Kier molecular flexibility index (Phi) is 6.81. The predicted molar refractivity (Wildman–Crippen MR) is 153 cm³/mol. The van der Waals surface area contributed by atoms with Crippen molar-refractivity contribution in [1.82, 2.24) is 10.2 Å². The average molecular weight is 542 g/mol. The zero-order valence-corrected chi connectivity index (χ0v) is 23.7. The van der Waals surface area contributed by atoms with Crippen molar-refractivity contribution in [2.24, 2.45) is 23.7 Å². The highest BCUT2D eigenvalue weighted by Crippen LogP contribution is 2.55. The number of aryl methyl sites for hydroxylation is 2. The molecule has 2 bridgehead atoms. The van der Waals surface area contributed by atoms with E-state index in [1.807, 2.05) is 74.5 Å². The molecule has 3 amide bonds. The topological polar surface area (TPSA) is 87.7 Å². The first-order valence-electron chi connectivity index (χ1n) is 14.6. The van der Waals surface area contributed by atoms with Gasteiger partial charge in [-0.15, -0.1) is 0 Å². The molecule has 6 rings (SSSR count). The summed E-state index contributed by atoms with van der Waals surface area (Å²) >= 11 is 0. The van der Waals surface area contributed by atoms with Crippen LogP contribution < -0.4 is 10.6 Å². The molecule has 40 heavy (non-hydrogen) atoms. The molecule has 0 unspecified atom stereocenters. The molecule has 4 aliphatic rings. The van der Waals surface area contributed by atoms with Crippen LogP contribution in [0.15, 0.2) is 60.7 Å². The van der Waals surface area contributed by atoms with Crippen LogP contribution in [0.1, 0.15) is 49.8 Å². The summed E-state index contributed by atoms with van der Waals surface area (Å²) in [5, 5.41) is 6.34. The van der Waals surface area contributed by atoms with Crippen LogP contribution in [0.2, 0.25) is 0 Å². The van der Waals surface area contributed by atoms with Crippen LogP contribution in [-0.4, -0.2) is 46.4 Å². The second-order valence-corrected chi connectivity index (χ2v) is 12.3. The number of ether oxygens (including phenoxy) is 1. The molecule has 1 spiro atoms. The first-order valence-corrected chi connectivity index (χ1v) is 14.6. The zero-order valence-electron chi connectivity index (χ0n) is 23.7. The monoisotopic (exact) mass is 541 g/mol. The molecule has 2 saturated heterocycles. The third kappa shape index (κ3) is 4.35. The number of fused-ring (bicyclic) bond motifs is 1. The van der Waals surface area contributed by atoms with Gasteiger partial charge in [-0.2, -0.15) is 0 Å². The molecule has 0 radical (unpaired) electrons. The van der Waals surface area contributed by atoms with Crippen molar-refractivity contribution >= 4 is 23.4 Å². The van der Waals surface area contributed by atoms with Crippen molar-refractivity contribution in [1.29, 1.82) is 0 Å². The van der Waals surface area contributed by atoms with Gasteiger partial charge in [-0.05, 0) is 60.9 Å². The number of nitrogens with zero attached hydrogens (tertiary/aromatic N) is 1. The Morgan fingerprint density at radius 3 is 2.55 bits per heavy atom. The molecular formula is C33H39N3O4. The van der Waals surface area contributed by atoms with Crippen molar-refractivity contribution in [3.05, 3.63) is 77.4 Å². The summed E-state index contributed by atoms with van der Waals surface area (Å²) in [5.41, 5.74) is 2.66. The smallest absolute Gasteiger partial charge is 0.246 e. The number of rotatable bonds is 6. The largest absolute Gasteiger partial charge is 0.359 e. The number of likely N-dealkylation sites (tertiary alicyclic amines) is 1. The van der Waals surface area contributed by atoms with Crippen molar-refractivity contribution in [2.45, 2.75) is 77.3 Å². The molecule has 2 aromatic rings. The van der Waals surface area contributed by atoms with Gasteiger partial charge in [-0.25, -0.2) is 0 Å². The molecule has 3 fully saturated rings. The Morgan fingerprint density at radius 1 is 1.02 bits per heavy atom. The summed E-state index contributed by atoms with van der Waals surface area (Å²) < 4.78 is 6.51. The second kappa shape index (κ2) is 10.2. The lowest BCUT2D eigenvalue weighted by molar-refractivity contribution is -0.142. The first-order chi connectivity index (χ1) is 19.2. The molecule has 0 aromatic heterocycles. The third-order valence-corrected chi connectivity index (χ3v) is 9.93. The van der Waals surface area contributed by atoms with Gasteiger partial charge in [-0.1, -0.05) is 75.2 Å². The van der Waals surface area contributed by atoms with Crippen molar-refractivity contribution < 1.29 is 19.1 Å². The SMILES string of the molecule is Cc1ccc(NC(=O)[C@H]2[C@H]3C=C[C@@]4(O3)[C@H]2C(=O)N(Cc2ccccc2)[C@@H]4C(=O)N[C@@H]2CCC[C@@H](C)[C@H]2C)cc1C. The van der Waals surface area contributed by atoms with Gasteiger partial charge >= 0.3 is 0 Å². The lowest BCUT2D eigenvalue weighted by atomic mass is 9.73. The maximum absolute atomic E-state index is 14.2. The van der Waals surface area contributed by atoms with E-state index in [0.717, 1.165) is 36.0 Å². The number of carbonyl (C=O) groups excluding carboxylic acids is 3. The van der Waals surface area contributed by atoms with E-state index < -0.39 is 29.6 Å². The van der Waals surface area contributed by atoms with Crippen LogP contribution in [0.25, 0.3) is 0 Å². The van der Waals surface area contributed by atoms with E-state index in [1.54, 1.807) is 4.90 Å². The summed E-state index contributed by atoms with van der Waals surface area (Å²) in [6, 6.07) is 14.7. The molecule has 7 heteroatoms. The highest BCUT2D eigenvalue weighted by molar-refractivity contribution is 6.02. The Labute approximate surface area is 236 Å². The van der Waals surface area contributed by atoms with Crippen LogP contribution in [0, 0.1) is 37.5 Å². The van der Waals surface area contributed by atoms with Gasteiger partial charge in [0.1, 0.15) is 11.6 Å². The number of hydrogen-bond donors (Lipinski definition) is 2. The molecule has 210 valence electrons. The predicted octanol–water partition coefficient (Wildman–Crippen LogP) is 4.53. The van der Waals surface area contributed by atoms with Gasteiger partial charge in [0.05, 0.1) is 17.9 Å². The molecular weight excluding hydrogens is 502 g/mol. The summed E-state index contributed by atoms with van der Waals surface area (Å²) in [6.45, 7) is 8.74. The molecule has 1 aliphatic carbocycles. The van der Waals surface area contributed by atoms with Crippen LogP contribution in [-0.2, 0) is 25.7 Å². The molecule has 3 aliphatic heterocycles. The van der Waals surface area contributed by atoms with Crippen LogP contribution in [0.3, 0.4) is 0 Å². The summed E-state index contributed by atoms with van der Waals surface area (Å²) in [6.07, 6.45) is 6.35. The molecule has 3 heterocycles. The van der Waals surface area contributed by atoms with Gasteiger partial charge in [0.2, 0.25) is 17.7 Å². The van der Waals surface area contributed by atoms with Gasteiger partial charge in [0.25, 0.3) is 0 Å². The summed E-state index contributed by atoms with van der Waals surface area (Å²) in [7, 11) is 0. The van der Waals surface area contributed by atoms with Gasteiger partial charge in [-0.3, -0.25) is 14.4 Å². The van der Waals surface area contributed by atoms with Crippen molar-refractivity contribution in [3.63, 3.8) is 0 Å². The maximum atomic E-state index is 14.2. The van der Waals surface area contributed by atoms with E-state index in [4.69, 9.17) is 4.74 Å². The fourth-order valence-electron chi connectivity index (χ4n) is 7.31. The number of nitrogens with one attached hydrogen (secondary N) is 2. The molecule has 7 nitrogen and oxygen atoms in total. The normalized spacial score (nSPS) is 34.1. The number of hydrogen-bond acceptors (Lipinski definition) is 4. The molecule has 2 N–H and O–H groups in total. The Bertz CT molecular complexity index is 1360. The maximum Gasteiger partial charge on any atom is 0.246 e. The first kappa shape index (κ1) is 26.8. The standard InChI is InChI=1S/C33H39N3O4/c1-19-13-14-24(17-21(19)3)34-30(37)27-26-15-16-33(40-26)28(27)32(39)36(18-23-10-6-5-7-11-23)29(33)31(38)35-25-12-8-9-20(2)22(25)4/h5-7,10-11,13-17,20,22,25-29H,8-9,12,18H2,1-4H3,(H,34,37)(H,35,38)/t20-,22-,25-,26-,27+,28-,29-,33-/m1/s1. The molecule has 2 aromatic carbocycles. The third-order valence-electron chi connectivity index (χ3n) is 9.93. The second-order valence-electron chi connectivity index (χ2n) is 12.3. The van der Waals surface area contributed by atoms with E-state index in [9.17, 15) is 14.4 Å². The van der Waals surface area contributed by atoms with Crippen molar-refractivity contribution in [3.8, 4) is 0 Å². The zero-order chi connectivity index (χ0) is 28.2. The minimum absolute atomic E-state index is 0.0480. The molecule has 1 saturated carbocycles. The van der Waals surface area contributed by atoms with Crippen LogP contribution >= 0.6 is 0 Å². The van der Waals surface area contributed by atoms with E-state index in [2.05, 4.69) is 24.5 Å². The molecule has 8 atom stereocenters. The highest BCUT2D eigenvalue weighted by atomic mass is 16.5. The number of carbonyl (C=O) groups is 3. The lowest BCUT2D eigenvalue weighted by Crippen LogP contribution is -2.57. The number of amides is 3. The fourth-order valence-corrected chi connectivity index (χ4v) is 7.31. The van der Waals surface area contributed by atoms with Gasteiger partial charge in [0, 0.05) is 18.3 Å². The van der Waals surface area contributed by atoms with E-state index in [0.29, 0.717) is 17.5 Å². The van der Waals surface area contributed by atoms with Crippen LogP contribution in [0.5, 0.6) is 0 Å². The summed E-state index contributed by atoms with van der Waals surface area (Å²) in [4.78, 5) is 43.7. The number of benzene rings is 2. The number of anilines is 1. The lowest BCUT2D eigenvalue weighted by Gasteiger charge is -2.38. The quantitative estimate of drug-likeness (QED) is 0.526. The Hall–Kier alpha value is -3.45. The highest BCUT2D eigenvalue weighted by Gasteiger charge is 2.72. The summed E-state index contributed by atoms with van der Waals surface area (Å²) in [5.74, 6) is -1.28. The van der Waals surface area contributed by atoms with E-state index in [-0.39, 0.29) is 30.3 Å². The Morgan fingerprint density at radius 2 is 1.80 bits per heavy atom. The van der Waals surface area contributed by atoms with E-state index in [1.165, 1.54) is 0 Å². The van der Waals surface area contributed by atoms with Gasteiger partial charge in [0.15, 0.2) is 0 Å². The minimum Gasteiger partial charge on any atom is -0.359 e. The fraction of sp³-hybridized carbons (Fsp3) is 0.485. The average Bonchev–Trinajstić information content (AvgIpc) is 3.57.